The third-order valence-electron chi connectivity index (χ3n) is 5.28. The molecule has 1 heterocycles. The van der Waals surface area contributed by atoms with Crippen molar-refractivity contribution in [1.29, 1.82) is 0 Å². The molecule has 0 radical (unpaired) electrons. The predicted molar refractivity (Wildman–Crippen MR) is 83.8 cm³/mol. The summed E-state index contributed by atoms with van der Waals surface area (Å²) >= 11 is 0. The zero-order valence-electron chi connectivity index (χ0n) is 13.6. The Labute approximate surface area is 119 Å². The summed E-state index contributed by atoms with van der Waals surface area (Å²) in [5.41, 5.74) is 9.06. The van der Waals surface area contributed by atoms with Gasteiger partial charge >= 0.3 is 0 Å². The third kappa shape index (κ3) is 2.86. The van der Waals surface area contributed by atoms with Crippen molar-refractivity contribution >= 4 is 0 Å². The first-order valence-electron chi connectivity index (χ1n) is 7.70. The summed E-state index contributed by atoms with van der Waals surface area (Å²) in [7, 11) is 0. The van der Waals surface area contributed by atoms with Gasteiger partial charge in [-0.05, 0) is 93.3 Å². The minimum Gasteiger partial charge on any atom is -0.299 e. The first-order chi connectivity index (χ1) is 8.91. The Kier molecular flexibility index (Phi) is 4.35. The molecule has 1 nitrogen and oxygen atoms in total. The molecule has 0 bridgehead atoms. The molecule has 2 rings (SSSR count). The fraction of sp³-hybridized carbons (Fsp3) is 0.667. The Balaban J connectivity index is 2.30. The van der Waals surface area contributed by atoms with Crippen molar-refractivity contribution in [3.05, 3.63) is 33.4 Å². The molecule has 1 atom stereocenters. The number of rotatable bonds is 2. The van der Waals surface area contributed by atoms with Crippen molar-refractivity contribution in [2.75, 3.05) is 13.1 Å². The van der Waals surface area contributed by atoms with Crippen LogP contribution in [-0.2, 0) is 6.54 Å². The van der Waals surface area contributed by atoms with Crippen LogP contribution in [0.3, 0.4) is 0 Å². The van der Waals surface area contributed by atoms with E-state index < -0.39 is 0 Å². The lowest BCUT2D eigenvalue weighted by Crippen LogP contribution is -2.34. The lowest BCUT2D eigenvalue weighted by Gasteiger charge is -2.32. The largest absolute Gasteiger partial charge is 0.299 e. The Morgan fingerprint density at radius 2 is 1.42 bits per heavy atom. The van der Waals surface area contributed by atoms with Crippen LogP contribution in [0.25, 0.3) is 0 Å². The number of hydrogen-bond acceptors (Lipinski definition) is 1. The average molecular weight is 259 g/mol. The molecule has 0 saturated carbocycles. The van der Waals surface area contributed by atoms with Crippen molar-refractivity contribution < 1.29 is 0 Å². The van der Waals surface area contributed by atoms with Crippen molar-refractivity contribution in [3.8, 4) is 0 Å². The molecule has 1 aliphatic rings. The van der Waals surface area contributed by atoms with E-state index in [0.717, 1.165) is 12.5 Å². The maximum absolute atomic E-state index is 2.65. The minimum atomic E-state index is 0.863. The second-order valence-corrected chi connectivity index (χ2v) is 6.59. The van der Waals surface area contributed by atoms with Gasteiger partial charge in [-0.3, -0.25) is 4.90 Å². The van der Waals surface area contributed by atoms with Gasteiger partial charge in [0.05, 0.1) is 0 Å². The van der Waals surface area contributed by atoms with Crippen LogP contribution >= 0.6 is 0 Å². The third-order valence-corrected chi connectivity index (χ3v) is 5.28. The van der Waals surface area contributed by atoms with Crippen LogP contribution in [0, 0.1) is 40.5 Å². The van der Waals surface area contributed by atoms with Crippen molar-refractivity contribution in [2.24, 2.45) is 5.92 Å². The quantitative estimate of drug-likeness (QED) is 0.758. The highest BCUT2D eigenvalue weighted by Crippen LogP contribution is 2.28. The average Bonchev–Trinajstić information content (AvgIpc) is 2.39. The number of likely N-dealkylation sites (tertiary alicyclic amines) is 1. The van der Waals surface area contributed by atoms with E-state index in [1.54, 1.807) is 5.56 Å². The lowest BCUT2D eigenvalue weighted by molar-refractivity contribution is 0.176. The summed E-state index contributed by atoms with van der Waals surface area (Å²) in [5, 5.41) is 0. The Bertz CT molecular complexity index is 444. The molecule has 0 amide bonds. The fourth-order valence-electron chi connectivity index (χ4n) is 3.47. The summed E-state index contributed by atoms with van der Waals surface area (Å²) in [5.74, 6) is 0.863. The molecular weight excluding hydrogens is 230 g/mol. The summed E-state index contributed by atoms with van der Waals surface area (Å²) < 4.78 is 0. The molecule has 1 aromatic carbocycles. The standard InChI is InChI=1S/C18H29N/c1-12-8-7-9-19(10-12)11-18-16(5)14(3)13(2)15(4)17(18)6/h12H,7-11H2,1-6H3/t12-/m0/s1. The van der Waals surface area contributed by atoms with E-state index in [-0.39, 0.29) is 0 Å². The van der Waals surface area contributed by atoms with Gasteiger partial charge in [0.2, 0.25) is 0 Å². The zero-order chi connectivity index (χ0) is 14.2. The van der Waals surface area contributed by atoms with Crippen LogP contribution in [0.5, 0.6) is 0 Å². The molecule has 1 saturated heterocycles. The Morgan fingerprint density at radius 3 is 1.95 bits per heavy atom. The summed E-state index contributed by atoms with van der Waals surface area (Å²) in [6.45, 7) is 17.5. The maximum Gasteiger partial charge on any atom is 0.0239 e. The van der Waals surface area contributed by atoms with Gasteiger partial charge in [0.15, 0.2) is 0 Å². The van der Waals surface area contributed by atoms with Crippen LogP contribution in [0.15, 0.2) is 0 Å². The number of hydrogen-bond donors (Lipinski definition) is 0. The minimum absolute atomic E-state index is 0.863. The summed E-state index contributed by atoms with van der Waals surface area (Å²) in [4.78, 5) is 2.65. The van der Waals surface area contributed by atoms with Gasteiger partial charge in [0, 0.05) is 13.1 Å². The Hall–Kier alpha value is -0.820. The van der Waals surface area contributed by atoms with Gasteiger partial charge in [0.25, 0.3) is 0 Å². The van der Waals surface area contributed by atoms with Gasteiger partial charge in [-0.1, -0.05) is 6.92 Å². The number of nitrogens with zero attached hydrogens (tertiary/aromatic N) is 1. The van der Waals surface area contributed by atoms with E-state index in [1.807, 2.05) is 0 Å². The van der Waals surface area contributed by atoms with Gasteiger partial charge in [0.1, 0.15) is 0 Å². The smallest absolute Gasteiger partial charge is 0.0239 e. The molecule has 1 fully saturated rings. The molecular formula is C18H29N. The van der Waals surface area contributed by atoms with Crippen molar-refractivity contribution in [3.63, 3.8) is 0 Å². The molecule has 1 aliphatic heterocycles. The predicted octanol–water partition coefficient (Wildman–Crippen LogP) is 4.46. The highest BCUT2D eigenvalue weighted by molar-refractivity contribution is 5.49. The Morgan fingerprint density at radius 1 is 0.895 bits per heavy atom. The topological polar surface area (TPSA) is 3.24 Å². The molecule has 0 spiro atoms. The van der Waals surface area contributed by atoms with E-state index in [1.165, 1.54) is 53.7 Å². The molecule has 0 unspecified atom stereocenters. The van der Waals surface area contributed by atoms with Gasteiger partial charge in [-0.15, -0.1) is 0 Å². The second kappa shape index (κ2) is 5.66. The first-order valence-corrected chi connectivity index (χ1v) is 7.70. The second-order valence-electron chi connectivity index (χ2n) is 6.59. The summed E-state index contributed by atoms with van der Waals surface area (Å²) in [6.07, 6.45) is 2.77. The van der Waals surface area contributed by atoms with Gasteiger partial charge in [-0.2, -0.15) is 0 Å². The normalized spacial score (nSPS) is 20.8. The van der Waals surface area contributed by atoms with Crippen molar-refractivity contribution in [2.45, 2.75) is 60.9 Å². The number of benzene rings is 1. The van der Waals surface area contributed by atoms with Crippen LogP contribution in [0.2, 0.25) is 0 Å². The molecule has 106 valence electrons. The lowest BCUT2D eigenvalue weighted by atomic mass is 9.89. The molecule has 1 aromatic rings. The van der Waals surface area contributed by atoms with Crippen LogP contribution in [-0.4, -0.2) is 18.0 Å². The van der Waals surface area contributed by atoms with Crippen LogP contribution in [0.4, 0.5) is 0 Å². The fourth-order valence-corrected chi connectivity index (χ4v) is 3.47. The van der Waals surface area contributed by atoms with Crippen molar-refractivity contribution in [1.82, 2.24) is 4.90 Å². The van der Waals surface area contributed by atoms with E-state index in [4.69, 9.17) is 0 Å². The molecule has 0 aromatic heterocycles. The van der Waals surface area contributed by atoms with E-state index in [9.17, 15) is 0 Å². The number of piperidine rings is 1. The molecule has 19 heavy (non-hydrogen) atoms. The highest BCUT2D eigenvalue weighted by atomic mass is 15.1. The first kappa shape index (κ1) is 14.6. The van der Waals surface area contributed by atoms with Gasteiger partial charge in [-0.25, -0.2) is 0 Å². The molecule has 0 aliphatic carbocycles. The molecule has 0 N–H and O–H groups in total. The SMILES string of the molecule is Cc1c(C)c(C)c(CN2CCC[C@H](C)C2)c(C)c1C. The van der Waals surface area contributed by atoms with Crippen LogP contribution in [0.1, 0.15) is 53.1 Å². The zero-order valence-corrected chi connectivity index (χ0v) is 13.6. The molecule has 1 heteroatoms. The van der Waals surface area contributed by atoms with Gasteiger partial charge < -0.3 is 0 Å². The highest BCUT2D eigenvalue weighted by Gasteiger charge is 2.19. The monoisotopic (exact) mass is 259 g/mol. The van der Waals surface area contributed by atoms with Crippen LogP contribution < -0.4 is 0 Å². The summed E-state index contributed by atoms with van der Waals surface area (Å²) in [6, 6.07) is 0. The van der Waals surface area contributed by atoms with E-state index >= 15 is 0 Å². The van der Waals surface area contributed by atoms with E-state index in [0.29, 0.717) is 0 Å². The maximum atomic E-state index is 2.65. The van der Waals surface area contributed by atoms with E-state index in [2.05, 4.69) is 46.4 Å².